The molecule has 1 aromatic carbocycles. The van der Waals surface area contributed by atoms with Crippen molar-refractivity contribution in [3.8, 4) is 0 Å². The number of rotatable bonds is 4. The molecule has 0 unspecified atom stereocenters. The smallest absolute Gasteiger partial charge is 0.261 e. The maximum Gasteiger partial charge on any atom is 0.261 e. The first-order chi connectivity index (χ1) is 13.1. The van der Waals surface area contributed by atoms with Gasteiger partial charge in [-0.1, -0.05) is 40.8 Å². The molecule has 4 rings (SSSR count). The van der Waals surface area contributed by atoms with E-state index in [2.05, 4.69) is 20.2 Å². The zero-order valence-electron chi connectivity index (χ0n) is 14.0. The van der Waals surface area contributed by atoms with E-state index in [0.717, 1.165) is 20.1 Å². The molecule has 0 atom stereocenters. The maximum atomic E-state index is 12.5. The molecule has 0 fully saturated rings. The highest BCUT2D eigenvalue weighted by Gasteiger charge is 2.18. The maximum absolute atomic E-state index is 12.5. The van der Waals surface area contributed by atoms with E-state index in [1.54, 1.807) is 31.6 Å². The van der Waals surface area contributed by atoms with Crippen LogP contribution in [0.25, 0.3) is 10.9 Å². The molecule has 0 saturated carbocycles. The Morgan fingerprint density at radius 1 is 1.19 bits per heavy atom. The fourth-order valence-electron chi connectivity index (χ4n) is 2.43. The van der Waals surface area contributed by atoms with Crippen LogP contribution in [0, 0.1) is 0 Å². The monoisotopic (exact) mass is 413 g/mol. The first kappa shape index (κ1) is 17.8. The molecule has 0 bridgehead atoms. The number of amides is 1. The van der Waals surface area contributed by atoms with Crippen LogP contribution in [0.2, 0.25) is 5.02 Å². The number of nitrogens with zero attached hydrogens (tertiary/aromatic N) is 5. The molecule has 4 aromatic rings. The average Bonchev–Trinajstić information content (AvgIpc) is 3.16. The van der Waals surface area contributed by atoms with Crippen molar-refractivity contribution in [1.29, 1.82) is 0 Å². The minimum Gasteiger partial charge on any atom is -0.286 e. The molecule has 0 saturated heterocycles. The Labute approximate surface area is 168 Å². The molecule has 27 heavy (non-hydrogen) atoms. The van der Waals surface area contributed by atoms with Crippen LogP contribution in [0.4, 0.5) is 5.13 Å². The number of carbonyl (C=O) groups is 1. The van der Waals surface area contributed by atoms with E-state index < -0.39 is 0 Å². The summed E-state index contributed by atoms with van der Waals surface area (Å²) in [7, 11) is 1.67. The third-order valence-corrected chi connectivity index (χ3v) is 6.12. The van der Waals surface area contributed by atoms with Crippen LogP contribution in [0.1, 0.15) is 10.4 Å². The van der Waals surface area contributed by atoms with E-state index in [-0.39, 0.29) is 5.91 Å². The SMILES string of the molecule is CN(C(=O)c1cccnc1)c1nnc(Sc2ccnc3cc(Cl)ccc23)s1. The van der Waals surface area contributed by atoms with Crippen molar-refractivity contribution in [3.05, 3.63) is 65.6 Å². The van der Waals surface area contributed by atoms with Crippen LogP contribution in [0.5, 0.6) is 0 Å². The molecule has 9 heteroatoms. The van der Waals surface area contributed by atoms with Crippen molar-refractivity contribution in [2.45, 2.75) is 9.24 Å². The predicted molar refractivity (Wildman–Crippen MR) is 108 cm³/mol. The van der Waals surface area contributed by atoms with Crippen LogP contribution in [-0.2, 0) is 0 Å². The first-order valence-corrected chi connectivity index (χ1v) is 9.86. The molecule has 0 N–H and O–H groups in total. The number of hydrogen-bond donors (Lipinski definition) is 0. The summed E-state index contributed by atoms with van der Waals surface area (Å²) in [4.78, 5) is 23.3. The van der Waals surface area contributed by atoms with Gasteiger partial charge in [-0.05, 0) is 30.3 Å². The van der Waals surface area contributed by atoms with E-state index in [9.17, 15) is 4.79 Å². The highest BCUT2D eigenvalue weighted by Crippen LogP contribution is 2.36. The third kappa shape index (κ3) is 3.78. The molecule has 0 aliphatic heterocycles. The highest BCUT2D eigenvalue weighted by molar-refractivity contribution is 8.01. The van der Waals surface area contributed by atoms with Crippen LogP contribution < -0.4 is 4.90 Å². The predicted octanol–water partition coefficient (Wildman–Crippen LogP) is 4.56. The van der Waals surface area contributed by atoms with Crippen LogP contribution in [-0.4, -0.2) is 33.1 Å². The summed E-state index contributed by atoms with van der Waals surface area (Å²) < 4.78 is 0.735. The Hall–Kier alpha value is -2.55. The van der Waals surface area contributed by atoms with E-state index in [1.807, 2.05) is 24.3 Å². The van der Waals surface area contributed by atoms with Gasteiger partial charge >= 0.3 is 0 Å². The topological polar surface area (TPSA) is 71.9 Å². The van der Waals surface area contributed by atoms with Gasteiger partial charge in [0.25, 0.3) is 5.91 Å². The molecule has 6 nitrogen and oxygen atoms in total. The number of hydrogen-bond acceptors (Lipinski definition) is 7. The minimum absolute atomic E-state index is 0.181. The summed E-state index contributed by atoms with van der Waals surface area (Å²) in [5, 5.41) is 10.5. The Morgan fingerprint density at radius 2 is 2.07 bits per heavy atom. The van der Waals surface area contributed by atoms with Gasteiger partial charge < -0.3 is 0 Å². The Morgan fingerprint density at radius 3 is 2.89 bits per heavy atom. The molecule has 0 radical (unpaired) electrons. The molecular formula is C18H12ClN5OS2. The molecule has 3 heterocycles. The lowest BCUT2D eigenvalue weighted by atomic mass is 10.2. The Bertz CT molecular complexity index is 1120. The summed E-state index contributed by atoms with van der Waals surface area (Å²) in [6.07, 6.45) is 4.90. The fourth-order valence-corrected chi connectivity index (χ4v) is 4.47. The second-order valence-electron chi connectivity index (χ2n) is 5.53. The van der Waals surface area contributed by atoms with E-state index in [0.29, 0.717) is 15.7 Å². The lowest BCUT2D eigenvalue weighted by Crippen LogP contribution is -2.26. The van der Waals surface area contributed by atoms with Gasteiger partial charge in [0, 0.05) is 40.9 Å². The van der Waals surface area contributed by atoms with Gasteiger partial charge in [-0.3, -0.25) is 19.7 Å². The molecule has 1 amide bonds. The number of anilines is 1. The van der Waals surface area contributed by atoms with Gasteiger partial charge in [-0.25, -0.2) is 0 Å². The lowest BCUT2D eigenvalue weighted by Gasteiger charge is -2.12. The largest absolute Gasteiger partial charge is 0.286 e. The number of benzene rings is 1. The molecule has 0 spiro atoms. The highest BCUT2D eigenvalue weighted by atomic mass is 35.5. The van der Waals surface area contributed by atoms with E-state index in [4.69, 9.17) is 11.6 Å². The Kier molecular flexibility index (Phi) is 5.02. The van der Waals surface area contributed by atoms with Gasteiger partial charge in [0.1, 0.15) is 0 Å². The zero-order valence-corrected chi connectivity index (χ0v) is 16.4. The van der Waals surface area contributed by atoms with Crippen molar-refractivity contribution in [2.24, 2.45) is 0 Å². The van der Waals surface area contributed by atoms with E-state index in [1.165, 1.54) is 34.2 Å². The Balaban J connectivity index is 1.58. The summed E-state index contributed by atoms with van der Waals surface area (Å²) >= 11 is 8.87. The summed E-state index contributed by atoms with van der Waals surface area (Å²) in [5.41, 5.74) is 1.32. The molecular weight excluding hydrogens is 402 g/mol. The van der Waals surface area contributed by atoms with Gasteiger partial charge in [0.05, 0.1) is 11.1 Å². The second kappa shape index (κ2) is 7.59. The van der Waals surface area contributed by atoms with Crippen molar-refractivity contribution in [3.63, 3.8) is 0 Å². The van der Waals surface area contributed by atoms with Crippen molar-refractivity contribution in [2.75, 3.05) is 11.9 Å². The molecule has 0 aliphatic rings. The van der Waals surface area contributed by atoms with Crippen molar-refractivity contribution in [1.82, 2.24) is 20.2 Å². The van der Waals surface area contributed by atoms with Crippen LogP contribution >= 0.6 is 34.7 Å². The lowest BCUT2D eigenvalue weighted by molar-refractivity contribution is 0.0992. The standard InChI is InChI=1S/C18H12ClN5OS2/c1-24(16(25)11-3-2-7-20-10-11)17-22-23-18(27-17)26-15-6-8-21-14-9-12(19)4-5-13(14)15/h2-10H,1H3. The normalized spacial score (nSPS) is 10.9. The first-order valence-electron chi connectivity index (χ1n) is 7.85. The summed E-state index contributed by atoms with van der Waals surface area (Å²) in [6, 6.07) is 11.0. The number of pyridine rings is 2. The van der Waals surface area contributed by atoms with Crippen LogP contribution in [0.15, 0.2) is 64.2 Å². The summed E-state index contributed by atoms with van der Waals surface area (Å²) in [6.45, 7) is 0. The quantitative estimate of drug-likeness (QED) is 0.456. The number of carbonyl (C=O) groups excluding carboxylic acids is 1. The van der Waals surface area contributed by atoms with Gasteiger partial charge in [-0.2, -0.15) is 0 Å². The van der Waals surface area contributed by atoms with Crippen LogP contribution in [0.3, 0.4) is 0 Å². The zero-order chi connectivity index (χ0) is 18.8. The number of aromatic nitrogens is 4. The molecule has 0 aliphatic carbocycles. The summed E-state index contributed by atoms with van der Waals surface area (Å²) in [5.74, 6) is -0.181. The third-order valence-electron chi connectivity index (χ3n) is 3.76. The molecule has 3 aromatic heterocycles. The number of halogens is 1. The number of fused-ring (bicyclic) bond motifs is 1. The second-order valence-corrected chi connectivity index (χ2v) is 8.21. The molecule has 134 valence electrons. The van der Waals surface area contributed by atoms with Crippen molar-refractivity contribution >= 4 is 56.6 Å². The van der Waals surface area contributed by atoms with Crippen molar-refractivity contribution < 1.29 is 4.79 Å². The fraction of sp³-hybridized carbons (Fsp3) is 0.0556. The average molecular weight is 414 g/mol. The van der Waals surface area contributed by atoms with Gasteiger partial charge in [-0.15, -0.1) is 10.2 Å². The van der Waals surface area contributed by atoms with Gasteiger partial charge in [0.2, 0.25) is 5.13 Å². The van der Waals surface area contributed by atoms with E-state index >= 15 is 0 Å². The van der Waals surface area contributed by atoms with Gasteiger partial charge in [0.15, 0.2) is 4.34 Å². The minimum atomic E-state index is -0.181.